The number of aryl methyl sites for hydroxylation is 1. The second-order valence-electron chi connectivity index (χ2n) is 3.77. The Labute approximate surface area is 106 Å². The molecule has 0 aromatic carbocycles. The van der Waals surface area contributed by atoms with Gasteiger partial charge in [0, 0.05) is 15.3 Å². The Kier molecular flexibility index (Phi) is 3.22. The summed E-state index contributed by atoms with van der Waals surface area (Å²) in [5.41, 5.74) is -0.457. The van der Waals surface area contributed by atoms with Crippen molar-refractivity contribution in [2.45, 2.75) is 20.4 Å². The summed E-state index contributed by atoms with van der Waals surface area (Å²) in [6.07, 6.45) is 0. The first-order chi connectivity index (χ1) is 7.99. The van der Waals surface area contributed by atoms with E-state index in [0.29, 0.717) is 5.56 Å². The zero-order valence-electron chi connectivity index (χ0n) is 9.41. The van der Waals surface area contributed by atoms with Crippen LogP contribution in [0.25, 0.3) is 0 Å². The molecule has 2 aromatic rings. The lowest BCUT2D eigenvalue weighted by Gasteiger charge is -2.04. The number of rotatable bonds is 2. The average molecular weight is 271 g/mol. The average Bonchev–Trinajstić information content (AvgIpc) is 2.67. The van der Waals surface area contributed by atoms with Crippen molar-refractivity contribution in [3.05, 3.63) is 53.4 Å². The molecule has 0 aliphatic heterocycles. The number of halogens is 1. The van der Waals surface area contributed by atoms with E-state index in [4.69, 9.17) is 11.6 Å². The highest BCUT2D eigenvalue weighted by atomic mass is 35.5. The van der Waals surface area contributed by atoms with Crippen molar-refractivity contribution in [2.75, 3.05) is 0 Å². The maximum Gasteiger partial charge on any atom is 0.329 e. The Morgan fingerprint density at radius 2 is 2.06 bits per heavy atom. The van der Waals surface area contributed by atoms with Crippen LogP contribution < -0.4 is 11.2 Å². The van der Waals surface area contributed by atoms with E-state index >= 15 is 0 Å². The van der Waals surface area contributed by atoms with E-state index < -0.39 is 5.69 Å². The molecule has 0 aliphatic rings. The Morgan fingerprint density at radius 1 is 1.35 bits per heavy atom. The van der Waals surface area contributed by atoms with E-state index in [1.807, 2.05) is 19.1 Å². The van der Waals surface area contributed by atoms with Crippen LogP contribution in [0.5, 0.6) is 0 Å². The minimum atomic E-state index is -0.475. The first-order valence-corrected chi connectivity index (χ1v) is 6.23. The van der Waals surface area contributed by atoms with Crippen molar-refractivity contribution in [1.29, 1.82) is 0 Å². The molecule has 2 aromatic heterocycles. The molecule has 2 rings (SSSR count). The third kappa shape index (κ3) is 2.35. The van der Waals surface area contributed by atoms with Gasteiger partial charge in [-0.15, -0.1) is 11.3 Å². The summed E-state index contributed by atoms with van der Waals surface area (Å²) >= 11 is 7.30. The maximum absolute atomic E-state index is 11.9. The molecule has 17 heavy (non-hydrogen) atoms. The molecule has 6 heteroatoms. The van der Waals surface area contributed by atoms with Gasteiger partial charge in [-0.1, -0.05) is 11.6 Å². The third-order valence-corrected chi connectivity index (χ3v) is 3.83. The van der Waals surface area contributed by atoms with Gasteiger partial charge in [-0.25, -0.2) is 4.79 Å². The molecule has 0 bridgehead atoms. The molecule has 2 heterocycles. The second kappa shape index (κ2) is 4.50. The first-order valence-electron chi connectivity index (χ1n) is 5.03. The SMILES string of the molecule is Cc1ccc(Cn2c(=O)[nH]c(Cl)c(C)c2=O)s1. The number of H-pyrrole nitrogens is 1. The lowest BCUT2D eigenvalue weighted by atomic mass is 10.3. The molecule has 0 unspecified atom stereocenters. The standard InChI is InChI=1S/C11H11ClN2O2S/c1-6-3-4-8(17-6)5-14-10(15)7(2)9(12)13-11(14)16/h3-4H,5H2,1-2H3,(H,13,16). The highest BCUT2D eigenvalue weighted by Gasteiger charge is 2.09. The smallest absolute Gasteiger partial charge is 0.297 e. The van der Waals surface area contributed by atoms with Crippen molar-refractivity contribution in [3.63, 3.8) is 0 Å². The Morgan fingerprint density at radius 3 is 2.65 bits per heavy atom. The van der Waals surface area contributed by atoms with Gasteiger partial charge >= 0.3 is 5.69 Å². The number of aromatic amines is 1. The number of hydrogen-bond donors (Lipinski definition) is 1. The van der Waals surface area contributed by atoms with Crippen molar-refractivity contribution in [1.82, 2.24) is 9.55 Å². The van der Waals surface area contributed by atoms with Crippen molar-refractivity contribution in [2.24, 2.45) is 0 Å². The fourth-order valence-electron chi connectivity index (χ4n) is 1.51. The zero-order chi connectivity index (χ0) is 12.6. The largest absolute Gasteiger partial charge is 0.329 e. The van der Waals surface area contributed by atoms with Crippen LogP contribution >= 0.6 is 22.9 Å². The van der Waals surface area contributed by atoms with Gasteiger partial charge in [0.1, 0.15) is 5.15 Å². The number of thiophene rings is 1. The molecular formula is C11H11ClN2O2S. The zero-order valence-corrected chi connectivity index (χ0v) is 11.0. The molecule has 1 N–H and O–H groups in total. The van der Waals surface area contributed by atoms with E-state index in [-0.39, 0.29) is 17.3 Å². The predicted molar refractivity (Wildman–Crippen MR) is 69.2 cm³/mol. The van der Waals surface area contributed by atoms with Crippen LogP contribution in [0.3, 0.4) is 0 Å². The summed E-state index contributed by atoms with van der Waals surface area (Å²) in [5, 5.41) is 0.110. The fourth-order valence-corrected chi connectivity index (χ4v) is 2.55. The van der Waals surface area contributed by atoms with Crippen molar-refractivity contribution >= 4 is 22.9 Å². The Bertz CT molecular complexity index is 669. The monoisotopic (exact) mass is 270 g/mol. The number of nitrogens with one attached hydrogen (secondary N) is 1. The van der Waals surface area contributed by atoms with E-state index in [1.165, 1.54) is 0 Å². The van der Waals surface area contributed by atoms with Crippen LogP contribution in [-0.2, 0) is 6.54 Å². The summed E-state index contributed by atoms with van der Waals surface area (Å²) in [5.74, 6) is 0. The van der Waals surface area contributed by atoms with E-state index in [2.05, 4.69) is 4.98 Å². The normalized spacial score (nSPS) is 10.8. The summed E-state index contributed by atoms with van der Waals surface area (Å²) in [6, 6.07) is 3.87. The highest BCUT2D eigenvalue weighted by Crippen LogP contribution is 2.15. The minimum absolute atomic E-state index is 0.110. The molecule has 0 radical (unpaired) electrons. The van der Waals surface area contributed by atoms with Crippen molar-refractivity contribution < 1.29 is 0 Å². The molecule has 4 nitrogen and oxygen atoms in total. The predicted octanol–water partition coefficient (Wildman–Crippen LogP) is 1.92. The molecular weight excluding hydrogens is 260 g/mol. The van der Waals surface area contributed by atoms with Gasteiger partial charge in [-0.05, 0) is 26.0 Å². The van der Waals surface area contributed by atoms with Crippen molar-refractivity contribution in [3.8, 4) is 0 Å². The van der Waals surface area contributed by atoms with Crippen LogP contribution in [0.1, 0.15) is 15.3 Å². The maximum atomic E-state index is 11.9. The first kappa shape index (κ1) is 12.1. The number of hydrogen-bond acceptors (Lipinski definition) is 3. The molecule has 0 aliphatic carbocycles. The fraction of sp³-hybridized carbons (Fsp3) is 0.273. The highest BCUT2D eigenvalue weighted by molar-refractivity contribution is 7.11. The van der Waals surface area contributed by atoms with Gasteiger partial charge < -0.3 is 0 Å². The van der Waals surface area contributed by atoms with Gasteiger partial charge in [0.25, 0.3) is 5.56 Å². The molecule has 0 saturated heterocycles. The topological polar surface area (TPSA) is 54.9 Å². The van der Waals surface area contributed by atoms with Crippen LogP contribution in [-0.4, -0.2) is 9.55 Å². The van der Waals surface area contributed by atoms with Crippen LogP contribution in [0.4, 0.5) is 0 Å². The van der Waals surface area contributed by atoms with E-state index in [1.54, 1.807) is 18.3 Å². The van der Waals surface area contributed by atoms with Crippen LogP contribution in [0.2, 0.25) is 5.15 Å². The second-order valence-corrected chi connectivity index (χ2v) is 5.52. The molecule has 0 fully saturated rings. The summed E-state index contributed by atoms with van der Waals surface area (Å²) in [4.78, 5) is 28.1. The van der Waals surface area contributed by atoms with Gasteiger partial charge in [0.15, 0.2) is 0 Å². The third-order valence-electron chi connectivity index (χ3n) is 2.47. The Hall–Kier alpha value is -1.33. The summed E-state index contributed by atoms with van der Waals surface area (Å²) in [6.45, 7) is 3.86. The molecule has 0 saturated carbocycles. The summed E-state index contributed by atoms with van der Waals surface area (Å²) in [7, 11) is 0. The van der Waals surface area contributed by atoms with Gasteiger partial charge in [0.05, 0.1) is 6.54 Å². The van der Waals surface area contributed by atoms with Gasteiger partial charge in [-0.2, -0.15) is 0 Å². The number of aromatic nitrogens is 2. The van der Waals surface area contributed by atoms with Gasteiger partial charge in [0.2, 0.25) is 0 Å². The molecule has 0 amide bonds. The van der Waals surface area contributed by atoms with Gasteiger partial charge in [-0.3, -0.25) is 14.3 Å². The summed E-state index contributed by atoms with van der Waals surface area (Å²) < 4.78 is 1.16. The quantitative estimate of drug-likeness (QED) is 0.848. The van der Waals surface area contributed by atoms with E-state index in [9.17, 15) is 9.59 Å². The van der Waals surface area contributed by atoms with Crippen LogP contribution in [0, 0.1) is 13.8 Å². The lowest BCUT2D eigenvalue weighted by molar-refractivity contribution is 0.699. The molecule has 0 spiro atoms. The Balaban J connectivity index is 2.50. The van der Waals surface area contributed by atoms with Crippen LogP contribution in [0.15, 0.2) is 21.7 Å². The molecule has 0 atom stereocenters. The number of nitrogens with zero attached hydrogens (tertiary/aromatic N) is 1. The minimum Gasteiger partial charge on any atom is -0.297 e. The lowest BCUT2D eigenvalue weighted by Crippen LogP contribution is -2.36. The van der Waals surface area contributed by atoms with E-state index in [0.717, 1.165) is 14.3 Å². The molecule has 90 valence electrons.